The number of hydrogen-bond donors (Lipinski definition) is 3. The van der Waals surface area contributed by atoms with Crippen molar-refractivity contribution in [1.82, 2.24) is 10.2 Å². The van der Waals surface area contributed by atoms with E-state index in [9.17, 15) is 19.5 Å². The summed E-state index contributed by atoms with van der Waals surface area (Å²) in [6, 6.07) is 2.42. The second-order valence-corrected chi connectivity index (χ2v) is 8.56. The van der Waals surface area contributed by atoms with Crippen molar-refractivity contribution in [3.8, 4) is 0 Å². The minimum Gasteiger partial charge on any atom is -0.392 e. The second-order valence-electron chi connectivity index (χ2n) is 8.13. The van der Waals surface area contributed by atoms with Gasteiger partial charge in [-0.3, -0.25) is 24.6 Å². The Morgan fingerprint density at radius 3 is 2.54 bits per heavy atom. The van der Waals surface area contributed by atoms with Crippen molar-refractivity contribution in [3.05, 3.63) is 28.3 Å². The summed E-state index contributed by atoms with van der Waals surface area (Å²) >= 11 is 6.27. The summed E-state index contributed by atoms with van der Waals surface area (Å²) in [6.07, 6.45) is -0.303. The molecule has 0 aromatic heterocycles. The Balaban J connectivity index is 1.94. The normalized spacial score (nSPS) is 33.3. The van der Waals surface area contributed by atoms with E-state index in [2.05, 4.69) is 10.6 Å². The van der Waals surface area contributed by atoms with Gasteiger partial charge in [0, 0.05) is 28.4 Å². The second kappa shape index (κ2) is 6.27. The number of nitrogens with one attached hydrogen (secondary N) is 2. The molecule has 1 aromatic carbocycles. The monoisotopic (exact) mass is 405 g/mol. The number of fused-ring (bicyclic) bond motifs is 4. The van der Waals surface area contributed by atoms with E-state index < -0.39 is 35.4 Å². The molecule has 0 saturated carbocycles. The summed E-state index contributed by atoms with van der Waals surface area (Å²) in [5.74, 6) is -2.83. The van der Waals surface area contributed by atoms with Crippen LogP contribution in [0, 0.1) is 18.8 Å². The number of aliphatic hydroxyl groups is 1. The SMILES string of the molecule is CC[C@H](C)N1C(=O)[C@@H]2[C@H]([C@@H](C)O)N[C@@]3(C(=O)Nc4c(C)cc(Cl)cc43)[C@@H]2C1=O. The molecule has 8 heteroatoms. The van der Waals surface area contributed by atoms with Gasteiger partial charge in [-0.1, -0.05) is 18.5 Å². The predicted molar refractivity (Wildman–Crippen MR) is 104 cm³/mol. The van der Waals surface area contributed by atoms with Crippen LogP contribution >= 0.6 is 11.6 Å². The van der Waals surface area contributed by atoms with Gasteiger partial charge in [0.15, 0.2) is 0 Å². The van der Waals surface area contributed by atoms with Gasteiger partial charge in [0.25, 0.3) is 0 Å². The molecule has 1 spiro atoms. The molecule has 7 nitrogen and oxygen atoms in total. The lowest BCUT2D eigenvalue weighted by Crippen LogP contribution is -2.55. The average molecular weight is 406 g/mol. The number of hydrogen-bond acceptors (Lipinski definition) is 5. The van der Waals surface area contributed by atoms with Crippen molar-refractivity contribution in [2.24, 2.45) is 11.8 Å². The molecule has 0 unspecified atom stereocenters. The fraction of sp³-hybridized carbons (Fsp3) is 0.550. The van der Waals surface area contributed by atoms with Crippen LogP contribution in [0.15, 0.2) is 12.1 Å². The molecule has 0 bridgehead atoms. The van der Waals surface area contributed by atoms with Gasteiger partial charge >= 0.3 is 0 Å². The lowest BCUT2D eigenvalue weighted by Gasteiger charge is -2.31. The number of halogens is 1. The standard InChI is InChI=1S/C20H24ClN3O4/c1-5-9(3)24-17(26)13-14(18(24)27)20(23-16(13)10(4)25)12-7-11(21)6-8(2)15(12)22-19(20)28/h6-7,9-10,13-14,16,23,25H,5H2,1-4H3,(H,22,28)/t9-,10+,13-,14-,16-,20+/m0/s1. The number of amides is 3. The minimum absolute atomic E-state index is 0.276. The van der Waals surface area contributed by atoms with E-state index in [0.717, 1.165) is 5.56 Å². The molecule has 2 fully saturated rings. The molecular formula is C20H24ClN3O4. The number of likely N-dealkylation sites (tertiary alicyclic amines) is 1. The van der Waals surface area contributed by atoms with Gasteiger partial charge in [-0.15, -0.1) is 0 Å². The van der Waals surface area contributed by atoms with Crippen LogP contribution in [0.1, 0.15) is 38.3 Å². The van der Waals surface area contributed by atoms with Crippen LogP contribution < -0.4 is 10.6 Å². The van der Waals surface area contributed by atoms with Gasteiger partial charge in [0.1, 0.15) is 5.54 Å². The lowest BCUT2D eigenvalue weighted by atomic mass is 9.76. The highest BCUT2D eigenvalue weighted by Gasteiger charge is 2.71. The smallest absolute Gasteiger partial charge is 0.250 e. The zero-order valence-corrected chi connectivity index (χ0v) is 17.0. The summed E-state index contributed by atoms with van der Waals surface area (Å²) in [6.45, 7) is 7.11. The molecule has 3 aliphatic heterocycles. The largest absolute Gasteiger partial charge is 0.392 e. The Kier molecular flexibility index (Phi) is 4.34. The summed E-state index contributed by atoms with van der Waals surface area (Å²) in [5.41, 5.74) is 0.524. The highest BCUT2D eigenvalue weighted by molar-refractivity contribution is 6.31. The lowest BCUT2D eigenvalue weighted by molar-refractivity contribution is -0.145. The van der Waals surface area contributed by atoms with Gasteiger partial charge in [-0.25, -0.2) is 0 Å². The van der Waals surface area contributed by atoms with Crippen molar-refractivity contribution in [1.29, 1.82) is 0 Å². The number of imide groups is 1. The van der Waals surface area contributed by atoms with Crippen LogP contribution in [-0.4, -0.2) is 45.9 Å². The van der Waals surface area contributed by atoms with Gasteiger partial charge in [-0.2, -0.15) is 0 Å². The number of rotatable bonds is 3. The molecule has 1 aromatic rings. The fourth-order valence-electron chi connectivity index (χ4n) is 5.02. The van der Waals surface area contributed by atoms with Crippen LogP contribution in [0.5, 0.6) is 0 Å². The number of benzene rings is 1. The molecule has 2 saturated heterocycles. The first-order valence-corrected chi connectivity index (χ1v) is 9.97. The van der Waals surface area contributed by atoms with Crippen molar-refractivity contribution in [3.63, 3.8) is 0 Å². The summed E-state index contributed by atoms with van der Waals surface area (Å²) in [4.78, 5) is 41.1. The van der Waals surface area contributed by atoms with Gasteiger partial charge in [0.05, 0.1) is 17.9 Å². The van der Waals surface area contributed by atoms with Crippen LogP contribution in [-0.2, 0) is 19.9 Å². The molecule has 4 rings (SSSR count). The first-order chi connectivity index (χ1) is 13.1. The zero-order valence-electron chi connectivity index (χ0n) is 16.2. The number of nitrogens with zero attached hydrogens (tertiary/aromatic N) is 1. The van der Waals surface area contributed by atoms with Crippen LogP contribution in [0.4, 0.5) is 5.69 Å². The molecule has 3 N–H and O–H groups in total. The first kappa shape index (κ1) is 19.4. The number of anilines is 1. The van der Waals surface area contributed by atoms with Crippen molar-refractivity contribution in [2.45, 2.75) is 57.8 Å². The Morgan fingerprint density at radius 1 is 1.25 bits per heavy atom. The number of carbonyl (C=O) groups is 3. The molecule has 6 atom stereocenters. The molecule has 0 aliphatic carbocycles. The average Bonchev–Trinajstić information content (AvgIpc) is 3.21. The quantitative estimate of drug-likeness (QED) is 0.663. The number of carbonyl (C=O) groups excluding carboxylic acids is 3. The summed E-state index contributed by atoms with van der Waals surface area (Å²) in [7, 11) is 0. The summed E-state index contributed by atoms with van der Waals surface area (Å²) < 4.78 is 0. The number of aliphatic hydroxyl groups excluding tert-OH is 1. The van der Waals surface area contributed by atoms with E-state index in [-0.39, 0.29) is 17.9 Å². The fourth-order valence-corrected chi connectivity index (χ4v) is 5.29. The molecule has 3 aliphatic rings. The third-order valence-electron chi connectivity index (χ3n) is 6.51. The highest BCUT2D eigenvalue weighted by Crippen LogP contribution is 2.54. The molecule has 3 heterocycles. The molecule has 0 radical (unpaired) electrons. The van der Waals surface area contributed by atoms with Gasteiger partial charge < -0.3 is 10.4 Å². The Labute approximate surface area is 168 Å². The number of aryl methyl sites for hydroxylation is 1. The first-order valence-electron chi connectivity index (χ1n) is 9.59. The maximum absolute atomic E-state index is 13.4. The Hall–Kier alpha value is -1.96. The third-order valence-corrected chi connectivity index (χ3v) is 6.72. The minimum atomic E-state index is -1.42. The van der Waals surface area contributed by atoms with E-state index >= 15 is 0 Å². The van der Waals surface area contributed by atoms with Crippen molar-refractivity contribution in [2.75, 3.05) is 5.32 Å². The molecule has 150 valence electrons. The van der Waals surface area contributed by atoms with E-state index in [1.54, 1.807) is 19.1 Å². The highest BCUT2D eigenvalue weighted by atomic mass is 35.5. The predicted octanol–water partition coefficient (Wildman–Crippen LogP) is 1.55. The third kappa shape index (κ3) is 2.27. The molecule has 3 amide bonds. The van der Waals surface area contributed by atoms with Crippen LogP contribution in [0.3, 0.4) is 0 Å². The van der Waals surface area contributed by atoms with Crippen molar-refractivity contribution < 1.29 is 19.5 Å². The maximum atomic E-state index is 13.4. The summed E-state index contributed by atoms with van der Waals surface area (Å²) in [5, 5.41) is 16.9. The van der Waals surface area contributed by atoms with Gasteiger partial charge in [-0.05, 0) is 44.9 Å². The Bertz CT molecular complexity index is 902. The van der Waals surface area contributed by atoms with Crippen LogP contribution in [0.2, 0.25) is 5.02 Å². The van der Waals surface area contributed by atoms with Crippen molar-refractivity contribution >= 4 is 35.0 Å². The topological polar surface area (TPSA) is 98.7 Å². The van der Waals surface area contributed by atoms with Gasteiger partial charge in [0.2, 0.25) is 17.7 Å². The maximum Gasteiger partial charge on any atom is 0.250 e. The van der Waals surface area contributed by atoms with E-state index in [1.807, 2.05) is 20.8 Å². The van der Waals surface area contributed by atoms with E-state index in [4.69, 9.17) is 11.6 Å². The Morgan fingerprint density at radius 2 is 1.93 bits per heavy atom. The van der Waals surface area contributed by atoms with E-state index in [0.29, 0.717) is 22.7 Å². The molecular weight excluding hydrogens is 382 g/mol. The van der Waals surface area contributed by atoms with Crippen LogP contribution in [0.25, 0.3) is 0 Å². The zero-order chi connectivity index (χ0) is 20.5. The van der Waals surface area contributed by atoms with E-state index in [1.165, 1.54) is 4.90 Å². The molecule has 28 heavy (non-hydrogen) atoms.